The van der Waals surface area contributed by atoms with E-state index in [1.54, 1.807) is 24.3 Å². The highest BCUT2D eigenvalue weighted by atomic mass is 79.9. The van der Waals surface area contributed by atoms with E-state index >= 15 is 0 Å². The second kappa shape index (κ2) is 8.08. The number of rotatable bonds is 4. The Labute approximate surface area is 149 Å². The van der Waals surface area contributed by atoms with Gasteiger partial charge in [0.05, 0.1) is 18.7 Å². The monoisotopic (exact) mass is 392 g/mol. The van der Waals surface area contributed by atoms with Gasteiger partial charge in [0.1, 0.15) is 0 Å². The number of thiocarbonyl (C=S) groups is 1. The molecule has 2 aromatic carbocycles. The Morgan fingerprint density at radius 1 is 1.13 bits per heavy atom. The minimum Gasteiger partial charge on any atom is -0.465 e. The van der Waals surface area contributed by atoms with Crippen molar-refractivity contribution in [2.24, 2.45) is 0 Å². The van der Waals surface area contributed by atoms with Gasteiger partial charge in [0.25, 0.3) is 0 Å². The quantitative estimate of drug-likeness (QED) is 0.600. The highest BCUT2D eigenvalue weighted by Crippen LogP contribution is 2.17. The van der Waals surface area contributed by atoms with Crippen LogP contribution >= 0.6 is 28.1 Å². The first-order valence-corrected chi connectivity index (χ1v) is 8.21. The number of anilines is 1. The van der Waals surface area contributed by atoms with Crippen LogP contribution in [0, 0.1) is 0 Å². The molecule has 4 nitrogen and oxygen atoms in total. The minimum absolute atomic E-state index is 0.0810. The number of carbonyl (C=O) groups excluding carboxylic acids is 1. The smallest absolute Gasteiger partial charge is 0.337 e. The SMILES string of the molecule is COC(=O)c1ccc(NC(=S)NC(C)c2ccc(Br)cc2)cc1. The van der Waals surface area contributed by atoms with Crippen LogP contribution in [0.4, 0.5) is 5.69 Å². The van der Waals surface area contributed by atoms with Gasteiger partial charge in [0, 0.05) is 10.2 Å². The molecule has 0 aliphatic carbocycles. The van der Waals surface area contributed by atoms with Crippen molar-refractivity contribution >= 4 is 44.9 Å². The van der Waals surface area contributed by atoms with Gasteiger partial charge in [-0.3, -0.25) is 0 Å². The molecule has 0 aliphatic heterocycles. The molecule has 0 fully saturated rings. The molecule has 2 rings (SSSR count). The molecule has 0 radical (unpaired) electrons. The molecule has 0 saturated heterocycles. The summed E-state index contributed by atoms with van der Waals surface area (Å²) in [4.78, 5) is 11.4. The van der Waals surface area contributed by atoms with Crippen molar-refractivity contribution in [3.05, 3.63) is 64.1 Å². The molecule has 0 saturated carbocycles. The van der Waals surface area contributed by atoms with E-state index in [4.69, 9.17) is 12.2 Å². The summed E-state index contributed by atoms with van der Waals surface area (Å²) in [6.07, 6.45) is 0. The van der Waals surface area contributed by atoms with Gasteiger partial charge >= 0.3 is 5.97 Å². The maximum absolute atomic E-state index is 11.4. The number of benzene rings is 2. The Kier molecular flexibility index (Phi) is 6.12. The van der Waals surface area contributed by atoms with Crippen molar-refractivity contribution < 1.29 is 9.53 Å². The molecule has 23 heavy (non-hydrogen) atoms. The Hall–Kier alpha value is -1.92. The van der Waals surface area contributed by atoms with Crippen LogP contribution in [0.1, 0.15) is 28.9 Å². The fraction of sp³-hybridized carbons (Fsp3) is 0.176. The zero-order valence-electron chi connectivity index (χ0n) is 12.8. The van der Waals surface area contributed by atoms with E-state index in [2.05, 4.69) is 31.3 Å². The highest BCUT2D eigenvalue weighted by Gasteiger charge is 2.08. The van der Waals surface area contributed by atoms with E-state index in [9.17, 15) is 4.79 Å². The maximum atomic E-state index is 11.4. The molecule has 0 heterocycles. The summed E-state index contributed by atoms with van der Waals surface area (Å²) in [5.74, 6) is -0.360. The van der Waals surface area contributed by atoms with Gasteiger partial charge in [-0.2, -0.15) is 0 Å². The Morgan fingerprint density at radius 3 is 2.30 bits per heavy atom. The van der Waals surface area contributed by atoms with Gasteiger partial charge < -0.3 is 15.4 Å². The normalized spacial score (nSPS) is 11.4. The zero-order chi connectivity index (χ0) is 16.8. The Bertz CT molecular complexity index is 687. The predicted octanol–water partition coefficient (Wildman–Crippen LogP) is 4.28. The van der Waals surface area contributed by atoms with Gasteiger partial charge in [0.2, 0.25) is 0 Å². The van der Waals surface area contributed by atoms with Crippen molar-refractivity contribution in [1.29, 1.82) is 0 Å². The molecule has 6 heteroatoms. The van der Waals surface area contributed by atoms with E-state index < -0.39 is 0 Å². The average Bonchev–Trinajstić information content (AvgIpc) is 2.55. The highest BCUT2D eigenvalue weighted by molar-refractivity contribution is 9.10. The molecule has 1 unspecified atom stereocenters. The van der Waals surface area contributed by atoms with Gasteiger partial charge in [-0.1, -0.05) is 28.1 Å². The molecular weight excluding hydrogens is 376 g/mol. The fourth-order valence-electron chi connectivity index (χ4n) is 2.01. The van der Waals surface area contributed by atoms with Crippen LogP contribution in [-0.2, 0) is 4.74 Å². The van der Waals surface area contributed by atoms with Crippen LogP contribution in [0.3, 0.4) is 0 Å². The maximum Gasteiger partial charge on any atom is 0.337 e. The lowest BCUT2D eigenvalue weighted by Crippen LogP contribution is -2.30. The minimum atomic E-state index is -0.360. The lowest BCUT2D eigenvalue weighted by atomic mass is 10.1. The van der Waals surface area contributed by atoms with Crippen LogP contribution in [-0.4, -0.2) is 18.2 Å². The third-order valence-electron chi connectivity index (χ3n) is 3.28. The van der Waals surface area contributed by atoms with E-state index in [-0.39, 0.29) is 12.0 Å². The van der Waals surface area contributed by atoms with Gasteiger partial charge in [0.15, 0.2) is 5.11 Å². The van der Waals surface area contributed by atoms with E-state index in [1.807, 2.05) is 31.2 Å². The molecule has 0 aliphatic rings. The van der Waals surface area contributed by atoms with Crippen LogP contribution in [0.2, 0.25) is 0 Å². The molecular formula is C17H17BrN2O2S. The van der Waals surface area contributed by atoms with Gasteiger partial charge in [-0.25, -0.2) is 4.79 Å². The first-order valence-electron chi connectivity index (χ1n) is 7.01. The largest absolute Gasteiger partial charge is 0.465 e. The number of nitrogens with one attached hydrogen (secondary N) is 2. The molecule has 0 amide bonds. The number of ether oxygens (including phenoxy) is 1. The van der Waals surface area contributed by atoms with E-state index in [1.165, 1.54) is 7.11 Å². The van der Waals surface area contributed by atoms with Crippen LogP contribution < -0.4 is 10.6 Å². The summed E-state index contributed by atoms with van der Waals surface area (Å²) in [7, 11) is 1.36. The Morgan fingerprint density at radius 2 is 1.74 bits per heavy atom. The van der Waals surface area contributed by atoms with Crippen molar-refractivity contribution in [3.63, 3.8) is 0 Å². The van der Waals surface area contributed by atoms with Crippen LogP contribution in [0.25, 0.3) is 0 Å². The number of methoxy groups -OCH3 is 1. The van der Waals surface area contributed by atoms with Gasteiger partial charge in [-0.15, -0.1) is 0 Å². The lowest BCUT2D eigenvalue weighted by Gasteiger charge is -2.17. The molecule has 0 spiro atoms. The number of halogens is 1. The third-order valence-corrected chi connectivity index (χ3v) is 4.03. The van der Waals surface area contributed by atoms with Crippen molar-refractivity contribution in [2.75, 3.05) is 12.4 Å². The second-order valence-electron chi connectivity index (χ2n) is 4.94. The summed E-state index contributed by atoms with van der Waals surface area (Å²) in [5.41, 5.74) is 2.44. The number of hydrogen-bond acceptors (Lipinski definition) is 3. The summed E-state index contributed by atoms with van der Waals surface area (Å²) in [6, 6.07) is 15.1. The van der Waals surface area contributed by atoms with Crippen LogP contribution in [0.15, 0.2) is 53.0 Å². The van der Waals surface area contributed by atoms with E-state index in [0.717, 1.165) is 15.7 Å². The van der Waals surface area contributed by atoms with Crippen LogP contribution in [0.5, 0.6) is 0 Å². The predicted molar refractivity (Wildman–Crippen MR) is 99.7 cm³/mol. The average molecular weight is 393 g/mol. The topological polar surface area (TPSA) is 50.4 Å². The molecule has 120 valence electrons. The lowest BCUT2D eigenvalue weighted by molar-refractivity contribution is 0.0601. The first-order chi connectivity index (χ1) is 11.0. The number of esters is 1. The van der Waals surface area contributed by atoms with Crippen molar-refractivity contribution in [2.45, 2.75) is 13.0 Å². The molecule has 1 atom stereocenters. The second-order valence-corrected chi connectivity index (χ2v) is 6.26. The Balaban J connectivity index is 1.93. The summed E-state index contributed by atoms with van der Waals surface area (Å²) < 4.78 is 5.71. The standard InChI is InChI=1S/C17H17BrN2O2S/c1-11(12-3-7-14(18)8-4-12)19-17(23)20-15-9-5-13(6-10-15)16(21)22-2/h3-11H,1-2H3,(H2,19,20,23). The number of carbonyl (C=O) groups is 1. The summed E-state index contributed by atoms with van der Waals surface area (Å²) in [6.45, 7) is 2.04. The molecule has 0 bridgehead atoms. The fourth-order valence-corrected chi connectivity index (χ4v) is 2.57. The zero-order valence-corrected chi connectivity index (χ0v) is 15.2. The van der Waals surface area contributed by atoms with E-state index in [0.29, 0.717) is 10.7 Å². The van der Waals surface area contributed by atoms with Crippen molar-refractivity contribution in [1.82, 2.24) is 5.32 Å². The number of hydrogen-bond donors (Lipinski definition) is 2. The van der Waals surface area contributed by atoms with Gasteiger partial charge in [-0.05, 0) is 61.1 Å². The third kappa shape index (κ3) is 5.04. The summed E-state index contributed by atoms with van der Waals surface area (Å²) in [5, 5.41) is 6.84. The molecule has 0 aromatic heterocycles. The summed E-state index contributed by atoms with van der Waals surface area (Å²) >= 11 is 8.74. The molecule has 2 N–H and O–H groups in total. The van der Waals surface area contributed by atoms with Crippen molar-refractivity contribution in [3.8, 4) is 0 Å². The molecule has 2 aromatic rings. The first kappa shape index (κ1) is 17.4.